The van der Waals surface area contributed by atoms with Crippen LogP contribution in [0.3, 0.4) is 0 Å². The molecule has 0 saturated heterocycles. The van der Waals surface area contributed by atoms with Gasteiger partial charge in [0.25, 0.3) is 0 Å². The smallest absolute Gasteiger partial charge is 0.303 e. The van der Waals surface area contributed by atoms with Crippen LogP contribution in [0.5, 0.6) is 0 Å². The summed E-state index contributed by atoms with van der Waals surface area (Å²) in [6, 6.07) is 0. The molecule has 4 nitrogen and oxygen atoms in total. The fourth-order valence-corrected chi connectivity index (χ4v) is 3.03. The van der Waals surface area contributed by atoms with Crippen LogP contribution in [0, 0.1) is 0 Å². The summed E-state index contributed by atoms with van der Waals surface area (Å²) in [5.74, 6) is -1.02. The molecule has 1 rings (SSSR count). The molecule has 0 aliphatic heterocycles. The lowest BCUT2D eigenvalue weighted by atomic mass is 9.89. The molecule has 0 amide bonds. The molecule has 0 radical (unpaired) electrons. The zero-order valence-corrected chi connectivity index (χ0v) is 17.4. The summed E-state index contributed by atoms with van der Waals surface area (Å²) in [5.41, 5.74) is 3.48. The maximum absolute atomic E-state index is 12.5. The van der Waals surface area contributed by atoms with Crippen molar-refractivity contribution in [2.75, 3.05) is 0 Å². The quantitative estimate of drug-likeness (QED) is 0.294. The third-order valence-corrected chi connectivity index (χ3v) is 4.61. The lowest BCUT2D eigenvalue weighted by Gasteiger charge is -2.24. The Kier molecular flexibility index (Phi) is 9.84. The zero-order chi connectivity index (χ0) is 20.4. The lowest BCUT2D eigenvalue weighted by molar-refractivity contribution is -0.143. The average molecular weight is 375 g/mol. The van der Waals surface area contributed by atoms with Crippen LogP contribution in [0.25, 0.3) is 0 Å². The molecule has 0 aromatic rings. The van der Waals surface area contributed by atoms with Gasteiger partial charge in [-0.1, -0.05) is 43.1 Å². The summed E-state index contributed by atoms with van der Waals surface area (Å²) in [5, 5.41) is 10.5. The Labute approximate surface area is 163 Å². The average Bonchev–Trinajstić information content (AvgIpc) is 2.58. The third-order valence-electron chi connectivity index (χ3n) is 4.61. The van der Waals surface area contributed by atoms with Gasteiger partial charge in [0.1, 0.15) is 6.10 Å². The summed E-state index contributed by atoms with van der Waals surface area (Å²) < 4.78 is 5.38. The number of aliphatic hydroxyl groups is 1. The van der Waals surface area contributed by atoms with E-state index in [9.17, 15) is 14.7 Å². The van der Waals surface area contributed by atoms with Crippen LogP contribution in [0.1, 0.15) is 79.6 Å². The minimum atomic E-state index is -0.668. The van der Waals surface area contributed by atoms with E-state index in [1.165, 1.54) is 18.1 Å². The Balaban J connectivity index is 2.92. The Morgan fingerprint density at radius 3 is 2.48 bits per heavy atom. The number of esters is 1. The number of ketones is 1. The molecule has 27 heavy (non-hydrogen) atoms. The van der Waals surface area contributed by atoms with Gasteiger partial charge in [0.05, 0.1) is 0 Å². The van der Waals surface area contributed by atoms with E-state index in [1.807, 2.05) is 13.0 Å². The van der Waals surface area contributed by atoms with Crippen molar-refractivity contribution in [3.05, 3.63) is 46.3 Å². The predicted molar refractivity (Wildman–Crippen MR) is 109 cm³/mol. The first-order valence-electron chi connectivity index (χ1n) is 9.89. The van der Waals surface area contributed by atoms with Crippen LogP contribution in [-0.4, -0.2) is 23.0 Å². The highest BCUT2D eigenvalue weighted by atomic mass is 16.5. The maximum atomic E-state index is 12.5. The number of aliphatic hydroxyl groups excluding tert-OH is 1. The van der Waals surface area contributed by atoms with E-state index in [2.05, 4.69) is 26.8 Å². The second-order valence-electron chi connectivity index (χ2n) is 7.46. The summed E-state index contributed by atoms with van der Waals surface area (Å²) in [7, 11) is 0. The van der Waals surface area contributed by atoms with E-state index in [4.69, 9.17) is 4.74 Å². The van der Waals surface area contributed by atoms with Crippen molar-refractivity contribution < 1.29 is 19.4 Å². The first-order valence-corrected chi connectivity index (χ1v) is 9.89. The van der Waals surface area contributed by atoms with Crippen molar-refractivity contribution in [2.24, 2.45) is 0 Å². The molecule has 4 heteroatoms. The van der Waals surface area contributed by atoms with Crippen molar-refractivity contribution in [3.8, 4) is 0 Å². The van der Waals surface area contributed by atoms with Crippen LogP contribution in [0.15, 0.2) is 46.3 Å². The standard InChI is InChI=1S/C23H34O4/c1-6-7-8-12-19-15-21(27-18(5)24)20(23(26)22(19)25)14-13-17(4)11-9-10-16(2)3/h10,13,15,21,26H,6-9,11-12,14H2,1-5H3/b17-13+. The molecule has 0 heterocycles. The second-order valence-corrected chi connectivity index (χ2v) is 7.46. The first-order chi connectivity index (χ1) is 12.8. The maximum Gasteiger partial charge on any atom is 0.303 e. The van der Waals surface area contributed by atoms with E-state index in [1.54, 1.807) is 6.08 Å². The van der Waals surface area contributed by atoms with Crippen LogP contribution in [0.2, 0.25) is 0 Å². The largest absolute Gasteiger partial charge is 0.504 e. The first kappa shape index (κ1) is 22.9. The number of carbonyl (C=O) groups excluding carboxylic acids is 2. The van der Waals surface area contributed by atoms with Crippen molar-refractivity contribution in [1.82, 2.24) is 0 Å². The SMILES string of the molecule is CCCCCC1=CC(OC(C)=O)C(C/C=C(\C)CCC=C(C)C)=C(O)C1=O. The minimum Gasteiger partial charge on any atom is -0.504 e. The Morgan fingerprint density at radius 2 is 1.89 bits per heavy atom. The van der Waals surface area contributed by atoms with Gasteiger partial charge in [0.15, 0.2) is 5.76 Å². The number of allylic oxidation sites excluding steroid dienone is 5. The van der Waals surface area contributed by atoms with Crippen LogP contribution in [0.4, 0.5) is 0 Å². The molecule has 1 unspecified atom stereocenters. The lowest BCUT2D eigenvalue weighted by Crippen LogP contribution is -2.26. The van der Waals surface area contributed by atoms with Crippen molar-refractivity contribution >= 4 is 11.8 Å². The van der Waals surface area contributed by atoms with Gasteiger partial charge in [0, 0.05) is 18.1 Å². The molecule has 0 fully saturated rings. The number of carbonyl (C=O) groups is 2. The molecule has 1 aliphatic rings. The molecular formula is C23H34O4. The normalized spacial score (nSPS) is 17.7. The monoisotopic (exact) mass is 374 g/mol. The summed E-state index contributed by atoms with van der Waals surface area (Å²) in [6.45, 7) is 9.62. The molecule has 0 spiro atoms. The van der Waals surface area contributed by atoms with E-state index in [-0.39, 0.29) is 11.5 Å². The number of unbranched alkanes of at least 4 members (excludes halogenated alkanes) is 2. The number of hydrogen-bond donors (Lipinski definition) is 1. The van der Waals surface area contributed by atoms with Gasteiger partial charge in [-0.3, -0.25) is 9.59 Å². The van der Waals surface area contributed by atoms with E-state index in [0.29, 0.717) is 24.0 Å². The summed E-state index contributed by atoms with van der Waals surface area (Å²) in [6.07, 6.45) is 11.1. The van der Waals surface area contributed by atoms with Gasteiger partial charge >= 0.3 is 5.97 Å². The van der Waals surface area contributed by atoms with E-state index >= 15 is 0 Å². The Bertz CT molecular complexity index is 658. The highest BCUT2D eigenvalue weighted by Crippen LogP contribution is 2.29. The minimum absolute atomic E-state index is 0.261. The Morgan fingerprint density at radius 1 is 1.19 bits per heavy atom. The number of rotatable bonds is 10. The third kappa shape index (κ3) is 7.98. The van der Waals surface area contributed by atoms with Gasteiger partial charge in [-0.05, 0) is 59.0 Å². The molecule has 1 atom stereocenters. The number of ether oxygens (including phenoxy) is 1. The number of hydrogen-bond acceptors (Lipinski definition) is 4. The van der Waals surface area contributed by atoms with Crippen LogP contribution in [-0.2, 0) is 14.3 Å². The molecule has 0 saturated carbocycles. The van der Waals surface area contributed by atoms with Gasteiger partial charge in [-0.2, -0.15) is 0 Å². The second kappa shape index (κ2) is 11.6. The molecular weight excluding hydrogens is 340 g/mol. The van der Waals surface area contributed by atoms with E-state index in [0.717, 1.165) is 32.1 Å². The van der Waals surface area contributed by atoms with Gasteiger partial charge < -0.3 is 9.84 Å². The topological polar surface area (TPSA) is 63.6 Å². The molecule has 150 valence electrons. The van der Waals surface area contributed by atoms with Gasteiger partial charge in [-0.15, -0.1) is 0 Å². The van der Waals surface area contributed by atoms with Crippen molar-refractivity contribution in [1.29, 1.82) is 0 Å². The van der Waals surface area contributed by atoms with Crippen molar-refractivity contribution in [2.45, 2.75) is 85.7 Å². The van der Waals surface area contributed by atoms with Crippen LogP contribution >= 0.6 is 0 Å². The van der Waals surface area contributed by atoms with E-state index < -0.39 is 12.1 Å². The highest BCUT2D eigenvalue weighted by molar-refractivity contribution is 6.08. The van der Waals surface area contributed by atoms with Crippen LogP contribution < -0.4 is 0 Å². The fraction of sp³-hybridized carbons (Fsp3) is 0.565. The zero-order valence-electron chi connectivity index (χ0n) is 17.4. The Hall–Kier alpha value is -2.10. The summed E-state index contributed by atoms with van der Waals surface area (Å²) in [4.78, 5) is 24.0. The molecule has 1 N–H and O–H groups in total. The highest BCUT2D eigenvalue weighted by Gasteiger charge is 2.30. The molecule has 1 aliphatic carbocycles. The molecule has 0 aromatic carbocycles. The predicted octanol–water partition coefficient (Wildman–Crippen LogP) is 5.90. The summed E-state index contributed by atoms with van der Waals surface area (Å²) >= 11 is 0. The molecule has 0 aromatic heterocycles. The number of Topliss-reactive ketones (excluding diaryl/α,β-unsaturated/α-hetero) is 1. The van der Waals surface area contributed by atoms with Gasteiger partial charge in [0.2, 0.25) is 5.78 Å². The van der Waals surface area contributed by atoms with Crippen molar-refractivity contribution in [3.63, 3.8) is 0 Å². The molecule has 0 bridgehead atoms. The van der Waals surface area contributed by atoms with Gasteiger partial charge in [-0.25, -0.2) is 0 Å². The fourth-order valence-electron chi connectivity index (χ4n) is 3.03.